The van der Waals surface area contributed by atoms with Gasteiger partial charge in [-0.05, 0) is 17.7 Å². The predicted octanol–water partition coefficient (Wildman–Crippen LogP) is 1.74. The minimum atomic E-state index is -0.138. The van der Waals surface area contributed by atoms with Crippen molar-refractivity contribution in [2.24, 2.45) is 5.84 Å². The number of nitrogens with one attached hydrogen (secondary N) is 1. The number of hydrogen-bond donors (Lipinski definition) is 2. The number of nitrogens with zero attached hydrogens (tertiary/aromatic N) is 2. The number of halogens is 1. The van der Waals surface area contributed by atoms with E-state index < -0.39 is 0 Å². The Morgan fingerprint density at radius 3 is 2.60 bits per heavy atom. The van der Waals surface area contributed by atoms with Crippen LogP contribution in [-0.4, -0.2) is 8.75 Å². The van der Waals surface area contributed by atoms with Crippen molar-refractivity contribution in [1.82, 2.24) is 14.2 Å². The van der Waals surface area contributed by atoms with Gasteiger partial charge >= 0.3 is 0 Å². The number of hydrogen-bond acceptors (Lipinski definition) is 5. The second-order valence-electron chi connectivity index (χ2n) is 2.98. The maximum Gasteiger partial charge on any atom is 0.0970 e. The second-order valence-corrected chi connectivity index (χ2v) is 3.98. The number of hydrazine groups is 1. The molecule has 0 radical (unpaired) electrons. The Morgan fingerprint density at radius 2 is 2.07 bits per heavy atom. The molecule has 2 aromatic rings. The molecule has 4 nitrogen and oxygen atoms in total. The van der Waals surface area contributed by atoms with Gasteiger partial charge in [-0.1, -0.05) is 23.7 Å². The van der Waals surface area contributed by atoms with Gasteiger partial charge in [-0.25, -0.2) is 5.43 Å². The first-order valence-electron chi connectivity index (χ1n) is 4.30. The topological polar surface area (TPSA) is 63.8 Å². The van der Waals surface area contributed by atoms with Crippen LogP contribution in [0.25, 0.3) is 0 Å². The molecule has 0 bridgehead atoms. The molecule has 2 rings (SSSR count). The highest BCUT2D eigenvalue weighted by molar-refractivity contribution is 6.99. The third-order valence-corrected chi connectivity index (χ3v) is 2.79. The molecule has 15 heavy (non-hydrogen) atoms. The Kier molecular flexibility index (Phi) is 3.27. The van der Waals surface area contributed by atoms with E-state index in [2.05, 4.69) is 14.2 Å². The molecule has 78 valence electrons. The van der Waals surface area contributed by atoms with Crippen LogP contribution in [0.5, 0.6) is 0 Å². The lowest BCUT2D eigenvalue weighted by atomic mass is 10.1. The summed E-state index contributed by atoms with van der Waals surface area (Å²) in [6.45, 7) is 0. The zero-order valence-electron chi connectivity index (χ0n) is 7.72. The van der Waals surface area contributed by atoms with Gasteiger partial charge in [-0.15, -0.1) is 0 Å². The molecule has 0 aliphatic rings. The lowest BCUT2D eigenvalue weighted by Crippen LogP contribution is -2.28. The molecule has 0 aliphatic heterocycles. The van der Waals surface area contributed by atoms with E-state index in [-0.39, 0.29) is 6.04 Å². The maximum atomic E-state index is 5.81. The smallest absolute Gasteiger partial charge is 0.0970 e. The summed E-state index contributed by atoms with van der Waals surface area (Å²) in [5.74, 6) is 5.49. The van der Waals surface area contributed by atoms with Crippen molar-refractivity contribution in [3.05, 3.63) is 46.7 Å². The van der Waals surface area contributed by atoms with Crippen LogP contribution in [0.15, 0.2) is 30.5 Å². The van der Waals surface area contributed by atoms with E-state index in [1.165, 1.54) is 0 Å². The molecule has 0 saturated carbocycles. The van der Waals surface area contributed by atoms with E-state index in [1.54, 1.807) is 6.20 Å². The monoisotopic (exact) mass is 240 g/mol. The summed E-state index contributed by atoms with van der Waals surface area (Å²) >= 11 is 6.97. The van der Waals surface area contributed by atoms with Crippen LogP contribution >= 0.6 is 23.3 Å². The fourth-order valence-corrected chi connectivity index (χ4v) is 1.88. The first kappa shape index (κ1) is 10.5. The molecule has 1 atom stereocenters. The van der Waals surface area contributed by atoms with Crippen LogP contribution in [0, 0.1) is 0 Å². The van der Waals surface area contributed by atoms with Gasteiger partial charge < -0.3 is 0 Å². The Labute approximate surface area is 96.4 Å². The van der Waals surface area contributed by atoms with Gasteiger partial charge in [-0.2, -0.15) is 8.75 Å². The van der Waals surface area contributed by atoms with E-state index >= 15 is 0 Å². The van der Waals surface area contributed by atoms with Crippen molar-refractivity contribution in [3.63, 3.8) is 0 Å². The Bertz CT molecular complexity index is 414. The number of nitrogens with two attached hydrogens (primary N) is 1. The van der Waals surface area contributed by atoms with E-state index in [1.807, 2.05) is 24.3 Å². The van der Waals surface area contributed by atoms with Gasteiger partial charge in [0.1, 0.15) is 0 Å². The summed E-state index contributed by atoms with van der Waals surface area (Å²) in [5, 5.41) is 0.700. The van der Waals surface area contributed by atoms with Crippen LogP contribution in [0.4, 0.5) is 0 Å². The van der Waals surface area contributed by atoms with Crippen molar-refractivity contribution < 1.29 is 0 Å². The quantitative estimate of drug-likeness (QED) is 0.634. The molecule has 0 saturated heterocycles. The van der Waals surface area contributed by atoms with Crippen LogP contribution in [0.3, 0.4) is 0 Å². The third kappa shape index (κ3) is 2.32. The SMILES string of the molecule is NNC(c1ccc(Cl)cc1)c1cnsn1. The van der Waals surface area contributed by atoms with Crippen molar-refractivity contribution in [2.45, 2.75) is 6.04 Å². The lowest BCUT2D eigenvalue weighted by Gasteiger charge is -2.13. The van der Waals surface area contributed by atoms with E-state index in [0.29, 0.717) is 5.02 Å². The molecule has 3 N–H and O–H groups in total. The molecular weight excluding hydrogens is 232 g/mol. The molecule has 1 heterocycles. The minimum Gasteiger partial charge on any atom is -0.271 e. The first-order valence-corrected chi connectivity index (χ1v) is 5.41. The fourth-order valence-electron chi connectivity index (χ4n) is 1.31. The van der Waals surface area contributed by atoms with Gasteiger partial charge in [0.15, 0.2) is 0 Å². The normalized spacial score (nSPS) is 12.7. The molecule has 0 fully saturated rings. The average Bonchev–Trinajstić information content (AvgIpc) is 2.75. The standard InChI is InChI=1S/C9H9ClN4S/c10-7-3-1-6(2-4-7)9(13-11)8-5-12-15-14-8/h1-5,9,13H,11H2. The molecule has 6 heteroatoms. The van der Waals surface area contributed by atoms with Gasteiger partial charge in [0.05, 0.1) is 29.7 Å². The largest absolute Gasteiger partial charge is 0.271 e. The predicted molar refractivity (Wildman–Crippen MR) is 60.5 cm³/mol. The second kappa shape index (κ2) is 4.67. The molecule has 0 amide bonds. The van der Waals surface area contributed by atoms with Crippen LogP contribution < -0.4 is 11.3 Å². The number of rotatable bonds is 3. The van der Waals surface area contributed by atoms with E-state index in [0.717, 1.165) is 23.0 Å². The first-order chi connectivity index (χ1) is 7.31. The van der Waals surface area contributed by atoms with Crippen molar-refractivity contribution in [3.8, 4) is 0 Å². The van der Waals surface area contributed by atoms with Gasteiger partial charge in [0.2, 0.25) is 0 Å². The van der Waals surface area contributed by atoms with Gasteiger partial charge in [-0.3, -0.25) is 5.84 Å². The Balaban J connectivity index is 2.31. The molecule has 1 aromatic heterocycles. The molecule has 1 aromatic carbocycles. The summed E-state index contributed by atoms with van der Waals surface area (Å²) in [4.78, 5) is 0. The van der Waals surface area contributed by atoms with Crippen molar-refractivity contribution in [1.29, 1.82) is 0 Å². The number of benzene rings is 1. The van der Waals surface area contributed by atoms with Gasteiger partial charge in [0, 0.05) is 5.02 Å². The highest BCUT2D eigenvalue weighted by Gasteiger charge is 2.14. The van der Waals surface area contributed by atoms with Crippen LogP contribution in [0.1, 0.15) is 17.3 Å². The van der Waals surface area contributed by atoms with E-state index in [9.17, 15) is 0 Å². The summed E-state index contributed by atoms with van der Waals surface area (Å²) < 4.78 is 8.08. The fraction of sp³-hybridized carbons (Fsp3) is 0.111. The highest BCUT2D eigenvalue weighted by Crippen LogP contribution is 2.21. The lowest BCUT2D eigenvalue weighted by molar-refractivity contribution is 0.625. The summed E-state index contributed by atoms with van der Waals surface area (Å²) in [6.07, 6.45) is 1.70. The molecule has 1 unspecified atom stereocenters. The van der Waals surface area contributed by atoms with Gasteiger partial charge in [0.25, 0.3) is 0 Å². The van der Waals surface area contributed by atoms with Crippen molar-refractivity contribution in [2.75, 3.05) is 0 Å². The molecule has 0 spiro atoms. The summed E-state index contributed by atoms with van der Waals surface area (Å²) in [7, 11) is 0. The molecular formula is C9H9ClN4S. The number of aromatic nitrogens is 2. The van der Waals surface area contributed by atoms with Crippen LogP contribution in [0.2, 0.25) is 5.02 Å². The van der Waals surface area contributed by atoms with Crippen molar-refractivity contribution >= 4 is 23.3 Å². The third-order valence-electron chi connectivity index (χ3n) is 2.04. The highest BCUT2D eigenvalue weighted by atomic mass is 35.5. The Morgan fingerprint density at radius 1 is 1.33 bits per heavy atom. The van der Waals surface area contributed by atoms with Crippen LogP contribution in [-0.2, 0) is 0 Å². The maximum absolute atomic E-state index is 5.81. The average molecular weight is 241 g/mol. The zero-order chi connectivity index (χ0) is 10.7. The minimum absolute atomic E-state index is 0.138. The molecule has 0 aliphatic carbocycles. The summed E-state index contributed by atoms with van der Waals surface area (Å²) in [5.41, 5.74) is 4.52. The van der Waals surface area contributed by atoms with E-state index in [4.69, 9.17) is 17.4 Å². The Hall–Kier alpha value is -1.01. The zero-order valence-corrected chi connectivity index (χ0v) is 9.29. The summed E-state index contributed by atoms with van der Waals surface area (Å²) in [6, 6.07) is 7.32.